The number of benzene rings is 1. The van der Waals surface area contributed by atoms with E-state index in [1.807, 2.05) is 30.5 Å². The molecule has 1 aromatic heterocycles. The molecule has 3 nitrogen and oxygen atoms in total. The lowest BCUT2D eigenvalue weighted by molar-refractivity contribution is 0.415. The Bertz CT molecular complexity index is 516. The van der Waals surface area contributed by atoms with Crippen LogP contribution in [0.1, 0.15) is 12.8 Å². The van der Waals surface area contributed by atoms with Crippen molar-refractivity contribution in [1.29, 1.82) is 0 Å². The first-order valence-corrected chi connectivity index (χ1v) is 6.61. The molecule has 2 rings (SSSR count). The number of hydrogen-bond acceptors (Lipinski definition) is 3. The lowest BCUT2D eigenvalue weighted by atomic mass is 10.1. The van der Waals surface area contributed by atoms with Crippen molar-refractivity contribution in [2.24, 2.45) is 0 Å². The van der Waals surface area contributed by atoms with Crippen LogP contribution in [0.15, 0.2) is 30.5 Å². The predicted octanol–water partition coefficient (Wildman–Crippen LogP) is 3.67. The largest absolute Gasteiger partial charge is 0.497 e. The van der Waals surface area contributed by atoms with E-state index in [0.29, 0.717) is 5.88 Å². The van der Waals surface area contributed by atoms with Gasteiger partial charge in [0.05, 0.1) is 7.11 Å². The first-order chi connectivity index (χ1) is 8.85. The van der Waals surface area contributed by atoms with Gasteiger partial charge in [0.25, 0.3) is 0 Å². The molecule has 0 saturated carbocycles. The number of aromatic nitrogens is 1. The molecule has 0 atom stereocenters. The van der Waals surface area contributed by atoms with Crippen LogP contribution >= 0.6 is 11.6 Å². The van der Waals surface area contributed by atoms with Crippen molar-refractivity contribution in [3.05, 3.63) is 30.5 Å². The topological polar surface area (TPSA) is 34.1 Å². The molecule has 0 radical (unpaired) electrons. The van der Waals surface area contributed by atoms with Gasteiger partial charge in [-0.25, -0.2) is 4.98 Å². The zero-order valence-electron chi connectivity index (χ0n) is 10.4. The van der Waals surface area contributed by atoms with E-state index in [1.54, 1.807) is 7.11 Å². The molecule has 0 amide bonds. The Morgan fingerprint density at radius 3 is 2.94 bits per heavy atom. The number of halogens is 1. The van der Waals surface area contributed by atoms with Crippen molar-refractivity contribution >= 4 is 28.2 Å². The molecular weight excluding hydrogens is 248 g/mol. The quantitative estimate of drug-likeness (QED) is 0.638. The van der Waals surface area contributed by atoms with Gasteiger partial charge in [0.1, 0.15) is 11.6 Å². The number of alkyl halides is 1. The average molecular weight is 265 g/mol. The van der Waals surface area contributed by atoms with E-state index in [4.69, 9.17) is 16.3 Å². The van der Waals surface area contributed by atoms with Gasteiger partial charge in [0.2, 0.25) is 0 Å². The molecule has 1 aromatic carbocycles. The molecule has 0 bridgehead atoms. The molecular formula is C14H17ClN2O. The van der Waals surface area contributed by atoms with E-state index in [9.17, 15) is 0 Å². The van der Waals surface area contributed by atoms with Crippen LogP contribution in [0.5, 0.6) is 5.75 Å². The molecule has 2 aromatic rings. The lowest BCUT2D eigenvalue weighted by Gasteiger charge is -2.09. The third-order valence-corrected chi connectivity index (χ3v) is 3.09. The summed E-state index contributed by atoms with van der Waals surface area (Å²) in [7, 11) is 1.67. The monoisotopic (exact) mass is 264 g/mol. The molecule has 18 heavy (non-hydrogen) atoms. The van der Waals surface area contributed by atoms with E-state index < -0.39 is 0 Å². The molecule has 0 aliphatic heterocycles. The summed E-state index contributed by atoms with van der Waals surface area (Å²) in [5.74, 6) is 2.49. The highest BCUT2D eigenvalue weighted by Crippen LogP contribution is 2.25. The molecule has 0 spiro atoms. The molecule has 1 N–H and O–H groups in total. The molecule has 0 saturated heterocycles. The lowest BCUT2D eigenvalue weighted by Crippen LogP contribution is -2.03. The van der Waals surface area contributed by atoms with Crippen molar-refractivity contribution in [1.82, 2.24) is 4.98 Å². The Labute approximate surface area is 112 Å². The summed E-state index contributed by atoms with van der Waals surface area (Å²) in [4.78, 5) is 4.38. The summed E-state index contributed by atoms with van der Waals surface area (Å²) in [6.45, 7) is 0.894. The second kappa shape index (κ2) is 6.45. The minimum Gasteiger partial charge on any atom is -0.497 e. The maximum Gasteiger partial charge on any atom is 0.133 e. The van der Waals surface area contributed by atoms with Crippen LogP contribution in [-0.4, -0.2) is 24.5 Å². The third kappa shape index (κ3) is 3.05. The smallest absolute Gasteiger partial charge is 0.133 e. The van der Waals surface area contributed by atoms with Crippen molar-refractivity contribution in [2.45, 2.75) is 12.8 Å². The van der Waals surface area contributed by atoms with E-state index in [1.165, 1.54) is 0 Å². The average Bonchev–Trinajstić information content (AvgIpc) is 2.43. The fourth-order valence-electron chi connectivity index (χ4n) is 1.85. The first kappa shape index (κ1) is 13.0. The molecule has 0 aliphatic carbocycles. The van der Waals surface area contributed by atoms with Crippen LogP contribution in [0, 0.1) is 0 Å². The minimum atomic E-state index is 0.710. The number of pyridine rings is 1. The highest BCUT2D eigenvalue weighted by Gasteiger charge is 2.02. The van der Waals surface area contributed by atoms with Gasteiger partial charge in [-0.3, -0.25) is 0 Å². The summed E-state index contributed by atoms with van der Waals surface area (Å²) < 4.78 is 5.22. The standard InChI is InChI=1S/C14H17ClN2O/c1-18-12-4-5-13-11(10-12)6-9-17-14(13)16-8-3-2-7-15/h4-6,9-10H,2-3,7-8H2,1H3,(H,16,17). The maximum absolute atomic E-state index is 5.65. The SMILES string of the molecule is COc1ccc2c(NCCCCCl)nccc2c1. The van der Waals surface area contributed by atoms with Gasteiger partial charge in [0, 0.05) is 24.0 Å². The fraction of sp³-hybridized carbons (Fsp3) is 0.357. The Morgan fingerprint density at radius 1 is 1.28 bits per heavy atom. The summed E-state index contributed by atoms with van der Waals surface area (Å²) in [5.41, 5.74) is 0. The summed E-state index contributed by atoms with van der Waals surface area (Å²) >= 11 is 5.65. The predicted molar refractivity (Wildman–Crippen MR) is 76.7 cm³/mol. The second-order valence-electron chi connectivity index (χ2n) is 4.07. The number of ether oxygens (including phenoxy) is 1. The zero-order valence-corrected chi connectivity index (χ0v) is 11.2. The van der Waals surface area contributed by atoms with Crippen molar-refractivity contribution in [3.63, 3.8) is 0 Å². The second-order valence-corrected chi connectivity index (χ2v) is 4.45. The number of anilines is 1. The van der Waals surface area contributed by atoms with Crippen molar-refractivity contribution < 1.29 is 4.74 Å². The maximum atomic E-state index is 5.65. The molecule has 0 unspecified atom stereocenters. The Balaban J connectivity index is 2.17. The summed E-state index contributed by atoms with van der Waals surface area (Å²) in [6, 6.07) is 7.99. The third-order valence-electron chi connectivity index (χ3n) is 2.82. The van der Waals surface area contributed by atoms with Gasteiger partial charge >= 0.3 is 0 Å². The number of methoxy groups -OCH3 is 1. The van der Waals surface area contributed by atoms with Crippen LogP contribution in [0.4, 0.5) is 5.82 Å². The number of rotatable bonds is 6. The Morgan fingerprint density at radius 2 is 2.17 bits per heavy atom. The van der Waals surface area contributed by atoms with E-state index in [2.05, 4.69) is 10.3 Å². The molecule has 0 aliphatic rings. The van der Waals surface area contributed by atoms with Gasteiger partial charge in [-0.1, -0.05) is 0 Å². The highest BCUT2D eigenvalue weighted by atomic mass is 35.5. The summed E-state index contributed by atoms with van der Waals surface area (Å²) in [5, 5.41) is 5.59. The van der Waals surface area contributed by atoms with Gasteiger partial charge in [-0.2, -0.15) is 0 Å². The normalized spacial score (nSPS) is 10.6. The van der Waals surface area contributed by atoms with E-state index in [0.717, 1.165) is 41.7 Å². The minimum absolute atomic E-state index is 0.710. The molecule has 0 fully saturated rings. The van der Waals surface area contributed by atoms with Crippen LogP contribution in [0.2, 0.25) is 0 Å². The van der Waals surface area contributed by atoms with Gasteiger partial charge in [-0.05, 0) is 42.5 Å². The van der Waals surface area contributed by atoms with Crippen LogP contribution in [0.3, 0.4) is 0 Å². The molecule has 4 heteroatoms. The van der Waals surface area contributed by atoms with Gasteiger partial charge < -0.3 is 10.1 Å². The number of hydrogen-bond donors (Lipinski definition) is 1. The Hall–Kier alpha value is -1.48. The Kier molecular flexibility index (Phi) is 4.65. The van der Waals surface area contributed by atoms with Crippen LogP contribution in [0.25, 0.3) is 10.8 Å². The van der Waals surface area contributed by atoms with E-state index in [-0.39, 0.29) is 0 Å². The van der Waals surface area contributed by atoms with E-state index >= 15 is 0 Å². The van der Waals surface area contributed by atoms with Crippen molar-refractivity contribution in [2.75, 3.05) is 24.9 Å². The number of fused-ring (bicyclic) bond motifs is 1. The summed E-state index contributed by atoms with van der Waals surface area (Å²) in [6.07, 6.45) is 3.89. The number of unbranched alkanes of at least 4 members (excludes halogenated alkanes) is 1. The highest BCUT2D eigenvalue weighted by molar-refractivity contribution is 6.17. The zero-order chi connectivity index (χ0) is 12.8. The van der Waals surface area contributed by atoms with Gasteiger partial charge in [-0.15, -0.1) is 11.6 Å². The van der Waals surface area contributed by atoms with Crippen LogP contribution in [-0.2, 0) is 0 Å². The number of nitrogens with zero attached hydrogens (tertiary/aromatic N) is 1. The van der Waals surface area contributed by atoms with Gasteiger partial charge in [0.15, 0.2) is 0 Å². The molecule has 1 heterocycles. The molecule has 96 valence electrons. The van der Waals surface area contributed by atoms with Crippen molar-refractivity contribution in [3.8, 4) is 5.75 Å². The van der Waals surface area contributed by atoms with Crippen LogP contribution < -0.4 is 10.1 Å². The number of nitrogens with one attached hydrogen (secondary N) is 1. The first-order valence-electron chi connectivity index (χ1n) is 6.08. The fourth-order valence-corrected chi connectivity index (χ4v) is 2.04.